The van der Waals surface area contributed by atoms with E-state index in [1.54, 1.807) is 6.08 Å². The summed E-state index contributed by atoms with van der Waals surface area (Å²) < 4.78 is 0. The Kier molecular flexibility index (Phi) is 3.10. The van der Waals surface area contributed by atoms with Gasteiger partial charge in [0.25, 0.3) is 0 Å². The molecule has 0 aliphatic heterocycles. The van der Waals surface area contributed by atoms with Crippen molar-refractivity contribution in [2.75, 3.05) is 0 Å². The van der Waals surface area contributed by atoms with Gasteiger partial charge in [-0.1, -0.05) is 19.9 Å². The van der Waals surface area contributed by atoms with E-state index in [-0.39, 0.29) is 11.7 Å². The van der Waals surface area contributed by atoms with Crippen molar-refractivity contribution in [2.24, 2.45) is 11.8 Å². The van der Waals surface area contributed by atoms with E-state index in [0.29, 0.717) is 5.92 Å². The molecule has 0 aromatic carbocycles. The first-order valence-corrected chi connectivity index (χ1v) is 4.43. The van der Waals surface area contributed by atoms with Crippen LogP contribution in [0.4, 0.5) is 0 Å². The van der Waals surface area contributed by atoms with Gasteiger partial charge in [0.05, 0.1) is 0 Å². The minimum Gasteiger partial charge on any atom is -0.294 e. The van der Waals surface area contributed by atoms with E-state index in [9.17, 15) is 4.79 Å². The van der Waals surface area contributed by atoms with Crippen molar-refractivity contribution >= 4 is 5.78 Å². The molecule has 2 unspecified atom stereocenters. The Morgan fingerprint density at radius 1 is 1.50 bits per heavy atom. The summed E-state index contributed by atoms with van der Waals surface area (Å²) in [5, 5.41) is 0. The van der Waals surface area contributed by atoms with Gasteiger partial charge < -0.3 is 0 Å². The number of carbonyl (C=O) groups is 1. The molecule has 0 heterocycles. The number of hydrogen-bond acceptors (Lipinski definition) is 1. The van der Waals surface area contributed by atoms with Gasteiger partial charge >= 0.3 is 0 Å². The average Bonchev–Trinajstić information content (AvgIpc) is 2.35. The Morgan fingerprint density at radius 3 is 2.75 bits per heavy atom. The number of allylic oxidation sites excluding steroid dienone is 2. The van der Waals surface area contributed by atoms with Crippen molar-refractivity contribution in [1.82, 2.24) is 0 Å². The van der Waals surface area contributed by atoms with Crippen LogP contribution in [0.2, 0.25) is 0 Å². The summed E-state index contributed by atoms with van der Waals surface area (Å²) in [5.74, 6) is 6.76. The predicted molar refractivity (Wildman–Crippen MR) is 49.5 cm³/mol. The maximum Gasteiger partial charge on any atom is 0.159 e. The summed E-state index contributed by atoms with van der Waals surface area (Å²) in [6, 6.07) is 0. The normalized spacial score (nSPS) is 27.0. The first-order valence-electron chi connectivity index (χ1n) is 4.43. The maximum absolute atomic E-state index is 11.2. The largest absolute Gasteiger partial charge is 0.294 e. The zero-order chi connectivity index (χ0) is 8.97. The van der Waals surface area contributed by atoms with E-state index in [0.717, 1.165) is 12.8 Å². The van der Waals surface area contributed by atoms with Gasteiger partial charge in [-0.25, -0.2) is 0 Å². The lowest BCUT2D eigenvalue weighted by Gasteiger charge is -2.08. The quantitative estimate of drug-likeness (QED) is 0.540. The summed E-state index contributed by atoms with van der Waals surface area (Å²) in [4.78, 5) is 11.2. The fraction of sp³-hybridized carbons (Fsp3) is 0.545. The van der Waals surface area contributed by atoms with Gasteiger partial charge in [-0.3, -0.25) is 4.79 Å². The lowest BCUT2D eigenvalue weighted by atomic mass is 9.93. The van der Waals surface area contributed by atoms with Gasteiger partial charge in [0.1, 0.15) is 0 Å². The molecule has 0 N–H and O–H groups in total. The van der Waals surface area contributed by atoms with E-state index in [1.807, 2.05) is 13.0 Å². The van der Waals surface area contributed by atoms with Crippen molar-refractivity contribution in [3.8, 4) is 11.8 Å². The Bertz CT molecular complexity index is 252. The van der Waals surface area contributed by atoms with E-state index >= 15 is 0 Å². The second-order valence-corrected chi connectivity index (χ2v) is 3.14. The van der Waals surface area contributed by atoms with Crippen molar-refractivity contribution in [3.63, 3.8) is 0 Å². The van der Waals surface area contributed by atoms with Crippen LogP contribution in [0.5, 0.6) is 0 Å². The third-order valence-electron chi connectivity index (χ3n) is 2.19. The minimum atomic E-state index is 0.129. The zero-order valence-electron chi connectivity index (χ0n) is 7.63. The van der Waals surface area contributed by atoms with E-state index in [1.165, 1.54) is 0 Å². The summed E-state index contributed by atoms with van der Waals surface area (Å²) >= 11 is 0. The molecule has 0 fully saturated rings. The number of ketones is 1. The van der Waals surface area contributed by atoms with Gasteiger partial charge in [-0.05, 0) is 12.0 Å². The molecule has 0 radical (unpaired) electrons. The first-order chi connectivity index (χ1) is 5.75. The molecule has 1 aliphatic carbocycles. The average molecular weight is 162 g/mol. The van der Waals surface area contributed by atoms with Crippen molar-refractivity contribution in [3.05, 3.63) is 12.2 Å². The van der Waals surface area contributed by atoms with Gasteiger partial charge in [-0.15, -0.1) is 11.8 Å². The van der Waals surface area contributed by atoms with Crippen LogP contribution >= 0.6 is 0 Å². The van der Waals surface area contributed by atoms with Gasteiger partial charge in [0.15, 0.2) is 5.78 Å². The molecule has 0 aromatic rings. The molecule has 1 heteroatoms. The molecular formula is C11H14O. The molecular weight excluding hydrogens is 148 g/mol. The highest BCUT2D eigenvalue weighted by Gasteiger charge is 2.25. The van der Waals surface area contributed by atoms with Crippen LogP contribution in [0.25, 0.3) is 0 Å². The molecule has 12 heavy (non-hydrogen) atoms. The van der Waals surface area contributed by atoms with Crippen LogP contribution in [0.15, 0.2) is 12.2 Å². The molecule has 0 aromatic heterocycles. The van der Waals surface area contributed by atoms with Crippen LogP contribution in [0, 0.1) is 23.7 Å². The van der Waals surface area contributed by atoms with Crippen LogP contribution in [0.1, 0.15) is 26.7 Å². The van der Waals surface area contributed by atoms with Gasteiger partial charge in [0.2, 0.25) is 0 Å². The third kappa shape index (κ3) is 1.98. The smallest absolute Gasteiger partial charge is 0.159 e. The number of rotatable bonds is 1. The van der Waals surface area contributed by atoms with Crippen LogP contribution in [-0.2, 0) is 4.79 Å². The Morgan fingerprint density at radius 2 is 2.25 bits per heavy atom. The third-order valence-corrected chi connectivity index (χ3v) is 2.19. The lowest BCUT2D eigenvalue weighted by molar-refractivity contribution is -0.118. The molecule has 0 bridgehead atoms. The standard InChI is InChI=1S/C11H14O/c1-3-4-5-6-10-9(2)7-8-11(10)12/h7-10H,3,6H2,1-2H3. The van der Waals surface area contributed by atoms with Gasteiger partial charge in [-0.2, -0.15) is 0 Å². The lowest BCUT2D eigenvalue weighted by Crippen LogP contribution is -2.12. The molecule has 0 saturated carbocycles. The zero-order valence-corrected chi connectivity index (χ0v) is 7.63. The Balaban J connectivity index is 2.48. The minimum absolute atomic E-state index is 0.129. The fourth-order valence-electron chi connectivity index (χ4n) is 1.36. The summed E-state index contributed by atoms with van der Waals surface area (Å²) in [7, 11) is 0. The highest BCUT2D eigenvalue weighted by molar-refractivity contribution is 5.94. The van der Waals surface area contributed by atoms with Crippen molar-refractivity contribution in [2.45, 2.75) is 26.7 Å². The maximum atomic E-state index is 11.2. The Labute approximate surface area is 73.9 Å². The SMILES string of the molecule is CCC#CCC1C(=O)C=CC1C. The van der Waals surface area contributed by atoms with E-state index in [4.69, 9.17) is 0 Å². The molecule has 0 saturated heterocycles. The van der Waals surface area contributed by atoms with E-state index in [2.05, 4.69) is 18.8 Å². The fourth-order valence-corrected chi connectivity index (χ4v) is 1.36. The molecule has 0 spiro atoms. The first kappa shape index (κ1) is 9.06. The number of carbonyl (C=O) groups excluding carboxylic acids is 1. The second kappa shape index (κ2) is 4.11. The predicted octanol–water partition coefficient (Wildman–Crippen LogP) is 2.18. The molecule has 64 valence electrons. The highest BCUT2D eigenvalue weighted by Crippen LogP contribution is 2.24. The number of hydrogen-bond donors (Lipinski definition) is 0. The molecule has 1 nitrogen and oxygen atoms in total. The van der Waals surface area contributed by atoms with E-state index < -0.39 is 0 Å². The van der Waals surface area contributed by atoms with Crippen LogP contribution in [-0.4, -0.2) is 5.78 Å². The van der Waals surface area contributed by atoms with Crippen molar-refractivity contribution < 1.29 is 4.79 Å². The summed E-state index contributed by atoms with van der Waals surface area (Å²) in [6.07, 6.45) is 5.26. The monoisotopic (exact) mass is 162 g/mol. The highest BCUT2D eigenvalue weighted by atomic mass is 16.1. The molecule has 2 atom stereocenters. The van der Waals surface area contributed by atoms with Crippen LogP contribution in [0.3, 0.4) is 0 Å². The second-order valence-electron chi connectivity index (χ2n) is 3.14. The van der Waals surface area contributed by atoms with Gasteiger partial charge in [0, 0.05) is 18.8 Å². The molecule has 0 amide bonds. The molecule has 1 rings (SSSR count). The Hall–Kier alpha value is -1.03. The summed E-state index contributed by atoms with van der Waals surface area (Å²) in [6.45, 7) is 4.09. The molecule has 1 aliphatic rings. The summed E-state index contributed by atoms with van der Waals surface area (Å²) in [5.41, 5.74) is 0. The topological polar surface area (TPSA) is 17.1 Å². The van der Waals surface area contributed by atoms with Crippen molar-refractivity contribution in [1.29, 1.82) is 0 Å². The van der Waals surface area contributed by atoms with Crippen LogP contribution < -0.4 is 0 Å².